The normalized spacial score (nSPS) is 14.4. The molecule has 6 nitrogen and oxygen atoms in total. The van der Waals surface area contributed by atoms with Crippen LogP contribution in [0.2, 0.25) is 0 Å². The summed E-state index contributed by atoms with van der Waals surface area (Å²) in [6, 6.07) is 16.4. The summed E-state index contributed by atoms with van der Waals surface area (Å²) in [4.78, 5) is 18.7. The Balaban J connectivity index is 0.00000256. The summed E-state index contributed by atoms with van der Waals surface area (Å²) < 4.78 is 0. The van der Waals surface area contributed by atoms with Gasteiger partial charge in [0, 0.05) is 49.9 Å². The van der Waals surface area contributed by atoms with Gasteiger partial charge in [-0.15, -0.1) is 35.3 Å². The van der Waals surface area contributed by atoms with Gasteiger partial charge in [0.15, 0.2) is 5.96 Å². The van der Waals surface area contributed by atoms with E-state index in [4.69, 9.17) is 9.98 Å². The molecule has 1 aromatic carbocycles. The molecule has 0 bridgehead atoms. The van der Waals surface area contributed by atoms with Crippen molar-refractivity contribution in [1.29, 1.82) is 0 Å². The number of nitrogens with one attached hydrogen (secondary N) is 1. The van der Waals surface area contributed by atoms with E-state index < -0.39 is 0 Å². The summed E-state index contributed by atoms with van der Waals surface area (Å²) in [5, 5.41) is 6.58. The van der Waals surface area contributed by atoms with Crippen LogP contribution in [-0.2, 0) is 6.54 Å². The van der Waals surface area contributed by atoms with Gasteiger partial charge in [-0.25, -0.2) is 15.0 Å². The molecule has 0 saturated carbocycles. The van der Waals surface area contributed by atoms with E-state index in [0.29, 0.717) is 6.54 Å². The van der Waals surface area contributed by atoms with Gasteiger partial charge < -0.3 is 15.1 Å². The predicted octanol–water partition coefficient (Wildman–Crippen LogP) is 4.11. The van der Waals surface area contributed by atoms with E-state index in [1.807, 2.05) is 36.5 Å². The van der Waals surface area contributed by atoms with E-state index in [-0.39, 0.29) is 24.0 Å². The minimum Gasteiger partial charge on any atom is -0.357 e. The molecule has 1 fully saturated rings. The Labute approximate surface area is 199 Å². The van der Waals surface area contributed by atoms with Crippen molar-refractivity contribution in [2.24, 2.45) is 4.99 Å². The van der Waals surface area contributed by atoms with Crippen LogP contribution in [0.1, 0.15) is 12.6 Å². The number of halogens is 1. The van der Waals surface area contributed by atoms with E-state index in [2.05, 4.69) is 50.6 Å². The largest absolute Gasteiger partial charge is 0.357 e. The van der Waals surface area contributed by atoms with Crippen LogP contribution in [0.5, 0.6) is 0 Å². The quantitative estimate of drug-likeness (QED) is 0.304. The van der Waals surface area contributed by atoms with Crippen LogP contribution in [0, 0.1) is 0 Å². The fourth-order valence-electron chi connectivity index (χ4n) is 3.36. The molecule has 158 valence electrons. The van der Waals surface area contributed by atoms with Gasteiger partial charge >= 0.3 is 0 Å². The minimum atomic E-state index is 0. The van der Waals surface area contributed by atoms with Crippen molar-refractivity contribution >= 4 is 47.1 Å². The fourth-order valence-corrected chi connectivity index (χ4v) is 4.18. The summed E-state index contributed by atoms with van der Waals surface area (Å²) in [5.74, 6) is 2.01. The van der Waals surface area contributed by atoms with Crippen molar-refractivity contribution < 1.29 is 0 Å². The average molecular weight is 534 g/mol. The molecular formula is C22H27IN6S. The fraction of sp³-hybridized carbons (Fsp3) is 0.318. The van der Waals surface area contributed by atoms with Crippen LogP contribution in [-0.4, -0.2) is 53.6 Å². The molecule has 0 atom stereocenters. The minimum absolute atomic E-state index is 0. The number of hydrogen-bond donors (Lipinski definition) is 1. The van der Waals surface area contributed by atoms with Crippen molar-refractivity contribution in [1.82, 2.24) is 20.2 Å². The first-order valence-corrected chi connectivity index (χ1v) is 10.9. The highest BCUT2D eigenvalue weighted by Crippen LogP contribution is 2.23. The summed E-state index contributed by atoms with van der Waals surface area (Å²) in [6.45, 7) is 7.28. The van der Waals surface area contributed by atoms with Crippen LogP contribution in [0.4, 0.5) is 5.82 Å². The zero-order chi connectivity index (χ0) is 19.9. The number of hydrogen-bond acceptors (Lipinski definition) is 5. The SMILES string of the molecule is CCNC(=NCc1csc(-c2ccccc2)n1)N1CCN(c2ccccn2)CC1.I. The maximum absolute atomic E-state index is 4.85. The van der Waals surface area contributed by atoms with Crippen molar-refractivity contribution in [2.45, 2.75) is 13.5 Å². The lowest BCUT2D eigenvalue weighted by Gasteiger charge is -2.37. The molecule has 3 aromatic rings. The van der Waals surface area contributed by atoms with Gasteiger partial charge in [0.25, 0.3) is 0 Å². The lowest BCUT2D eigenvalue weighted by molar-refractivity contribution is 0.371. The topological polar surface area (TPSA) is 56.7 Å². The van der Waals surface area contributed by atoms with Gasteiger partial charge in [-0.1, -0.05) is 36.4 Å². The molecule has 3 heterocycles. The molecular weight excluding hydrogens is 507 g/mol. The van der Waals surface area contributed by atoms with E-state index in [1.165, 1.54) is 0 Å². The molecule has 1 saturated heterocycles. The number of thiazole rings is 1. The van der Waals surface area contributed by atoms with Crippen LogP contribution >= 0.6 is 35.3 Å². The van der Waals surface area contributed by atoms with Gasteiger partial charge in [0.1, 0.15) is 10.8 Å². The monoisotopic (exact) mass is 534 g/mol. The third-order valence-electron chi connectivity index (χ3n) is 4.85. The molecule has 30 heavy (non-hydrogen) atoms. The molecule has 4 rings (SSSR count). The second-order valence-electron chi connectivity index (χ2n) is 6.84. The van der Waals surface area contributed by atoms with Crippen molar-refractivity contribution in [3.63, 3.8) is 0 Å². The predicted molar refractivity (Wildman–Crippen MR) is 136 cm³/mol. The number of piperazine rings is 1. The Morgan fingerprint density at radius 2 is 1.83 bits per heavy atom. The number of aromatic nitrogens is 2. The van der Waals surface area contributed by atoms with Crippen LogP contribution in [0.25, 0.3) is 10.6 Å². The lowest BCUT2D eigenvalue weighted by Crippen LogP contribution is -2.52. The van der Waals surface area contributed by atoms with Gasteiger partial charge in [-0.3, -0.25) is 0 Å². The Bertz CT molecular complexity index is 923. The summed E-state index contributed by atoms with van der Waals surface area (Å²) in [5.41, 5.74) is 2.17. The molecule has 1 aliphatic heterocycles. The van der Waals surface area contributed by atoms with E-state index in [0.717, 1.165) is 60.8 Å². The van der Waals surface area contributed by atoms with Gasteiger partial charge in [-0.2, -0.15) is 0 Å². The molecule has 1 N–H and O–H groups in total. The number of aliphatic imine (C=N–C) groups is 1. The first-order chi connectivity index (χ1) is 14.3. The van der Waals surface area contributed by atoms with Crippen molar-refractivity contribution in [2.75, 3.05) is 37.6 Å². The Morgan fingerprint density at radius 3 is 2.53 bits per heavy atom. The molecule has 0 unspecified atom stereocenters. The van der Waals surface area contributed by atoms with Crippen LogP contribution in [0.15, 0.2) is 65.1 Å². The molecule has 1 aliphatic rings. The van der Waals surface area contributed by atoms with Crippen LogP contribution < -0.4 is 10.2 Å². The van der Waals surface area contributed by atoms with E-state index in [9.17, 15) is 0 Å². The number of rotatable bonds is 5. The molecule has 0 aliphatic carbocycles. The summed E-state index contributed by atoms with van der Waals surface area (Å²) >= 11 is 1.67. The zero-order valence-electron chi connectivity index (χ0n) is 17.1. The van der Waals surface area contributed by atoms with Crippen molar-refractivity contribution in [3.05, 3.63) is 65.8 Å². The molecule has 2 aromatic heterocycles. The number of guanidine groups is 1. The Kier molecular flexibility index (Phi) is 8.44. The van der Waals surface area contributed by atoms with E-state index in [1.54, 1.807) is 11.3 Å². The highest BCUT2D eigenvalue weighted by molar-refractivity contribution is 14.0. The number of pyridine rings is 1. The van der Waals surface area contributed by atoms with E-state index >= 15 is 0 Å². The Morgan fingerprint density at radius 1 is 1.07 bits per heavy atom. The molecule has 0 spiro atoms. The summed E-state index contributed by atoms with van der Waals surface area (Å²) in [6.07, 6.45) is 1.85. The molecule has 8 heteroatoms. The molecule has 0 radical (unpaired) electrons. The number of anilines is 1. The smallest absolute Gasteiger partial charge is 0.194 e. The maximum Gasteiger partial charge on any atom is 0.194 e. The first-order valence-electron chi connectivity index (χ1n) is 10.0. The maximum atomic E-state index is 4.85. The molecule has 0 amide bonds. The summed E-state index contributed by atoms with van der Waals surface area (Å²) in [7, 11) is 0. The highest BCUT2D eigenvalue weighted by Gasteiger charge is 2.20. The first kappa shape index (κ1) is 22.5. The average Bonchev–Trinajstić information content (AvgIpc) is 3.27. The number of benzene rings is 1. The van der Waals surface area contributed by atoms with Crippen molar-refractivity contribution in [3.8, 4) is 10.6 Å². The second kappa shape index (κ2) is 11.3. The third kappa shape index (κ3) is 5.69. The standard InChI is InChI=1S/C22H26N6S.HI/c1-2-23-22(28-14-12-27(13-15-28)20-10-6-7-11-24-20)25-16-19-17-29-21(26-19)18-8-4-3-5-9-18;/h3-11,17H,2,12-16H2,1H3,(H,23,25);1H. The lowest BCUT2D eigenvalue weighted by atomic mass is 10.2. The van der Waals surface area contributed by atoms with Gasteiger partial charge in [0.05, 0.1) is 12.2 Å². The highest BCUT2D eigenvalue weighted by atomic mass is 127. The second-order valence-corrected chi connectivity index (χ2v) is 7.70. The number of nitrogens with zero attached hydrogens (tertiary/aromatic N) is 5. The van der Waals surface area contributed by atoms with Gasteiger partial charge in [-0.05, 0) is 19.1 Å². The van der Waals surface area contributed by atoms with Crippen LogP contribution in [0.3, 0.4) is 0 Å². The third-order valence-corrected chi connectivity index (χ3v) is 5.79. The zero-order valence-corrected chi connectivity index (χ0v) is 20.2. The van der Waals surface area contributed by atoms with Gasteiger partial charge in [0.2, 0.25) is 0 Å². The Hall–Kier alpha value is -2.20.